The Labute approximate surface area is 152 Å². The Kier molecular flexibility index (Phi) is 5.88. The fourth-order valence-electron chi connectivity index (χ4n) is 2.52. The second-order valence-electron chi connectivity index (χ2n) is 5.69. The monoisotopic (exact) mass is 351 g/mol. The number of para-hydroxylation sites is 2. The molecule has 1 N–H and O–H groups in total. The standard InChI is InChI=1S/C20H21N3O3/c1-25-18-4-2-3-5-19(18)26-13-11-22-20(24)17-8-6-16(7-9-17)14-23-12-10-21-15-23/h2-10,12,15H,11,13-14H2,1H3,(H,22,24). The summed E-state index contributed by atoms with van der Waals surface area (Å²) in [5.41, 5.74) is 1.73. The molecule has 0 bridgehead atoms. The van der Waals surface area contributed by atoms with Gasteiger partial charge in [-0.1, -0.05) is 24.3 Å². The van der Waals surface area contributed by atoms with Crippen molar-refractivity contribution in [2.75, 3.05) is 20.3 Å². The first-order valence-electron chi connectivity index (χ1n) is 8.35. The summed E-state index contributed by atoms with van der Waals surface area (Å²) in [5.74, 6) is 1.21. The fraction of sp³-hybridized carbons (Fsp3) is 0.200. The molecule has 26 heavy (non-hydrogen) atoms. The van der Waals surface area contributed by atoms with Crippen LogP contribution in [0.1, 0.15) is 15.9 Å². The van der Waals surface area contributed by atoms with E-state index in [-0.39, 0.29) is 5.91 Å². The Balaban J connectivity index is 1.46. The number of benzene rings is 2. The average Bonchev–Trinajstić information content (AvgIpc) is 3.19. The molecular weight excluding hydrogens is 330 g/mol. The van der Waals surface area contributed by atoms with Gasteiger partial charge in [0.2, 0.25) is 0 Å². The Hall–Kier alpha value is -3.28. The zero-order chi connectivity index (χ0) is 18.2. The second-order valence-corrected chi connectivity index (χ2v) is 5.69. The minimum atomic E-state index is -0.122. The Bertz CT molecular complexity index is 830. The van der Waals surface area contributed by atoms with Crippen LogP contribution in [0.25, 0.3) is 0 Å². The van der Waals surface area contributed by atoms with E-state index in [1.54, 1.807) is 19.6 Å². The number of nitrogens with one attached hydrogen (secondary N) is 1. The quantitative estimate of drug-likeness (QED) is 0.634. The molecule has 1 amide bonds. The molecular formula is C20H21N3O3. The van der Waals surface area contributed by atoms with E-state index in [1.165, 1.54) is 0 Å². The first-order valence-corrected chi connectivity index (χ1v) is 8.35. The fourth-order valence-corrected chi connectivity index (χ4v) is 2.52. The lowest BCUT2D eigenvalue weighted by Gasteiger charge is -2.11. The maximum atomic E-state index is 12.2. The zero-order valence-electron chi connectivity index (χ0n) is 14.6. The van der Waals surface area contributed by atoms with Crippen molar-refractivity contribution >= 4 is 5.91 Å². The van der Waals surface area contributed by atoms with Gasteiger partial charge in [-0.15, -0.1) is 0 Å². The van der Waals surface area contributed by atoms with Crippen LogP contribution < -0.4 is 14.8 Å². The van der Waals surface area contributed by atoms with Crippen LogP contribution >= 0.6 is 0 Å². The van der Waals surface area contributed by atoms with E-state index in [1.807, 2.05) is 59.3 Å². The minimum Gasteiger partial charge on any atom is -0.493 e. The third-order valence-electron chi connectivity index (χ3n) is 3.85. The number of ether oxygens (including phenoxy) is 2. The molecule has 0 saturated heterocycles. The van der Waals surface area contributed by atoms with Crippen molar-refractivity contribution in [2.24, 2.45) is 0 Å². The Morgan fingerprint density at radius 3 is 2.58 bits per heavy atom. The van der Waals surface area contributed by atoms with Gasteiger partial charge in [0, 0.05) is 24.5 Å². The van der Waals surface area contributed by atoms with Crippen LogP contribution in [0.5, 0.6) is 11.5 Å². The van der Waals surface area contributed by atoms with Crippen LogP contribution in [-0.2, 0) is 6.54 Å². The van der Waals surface area contributed by atoms with Crippen molar-refractivity contribution in [3.05, 3.63) is 78.4 Å². The Morgan fingerprint density at radius 1 is 1.12 bits per heavy atom. The normalized spacial score (nSPS) is 10.3. The first-order chi connectivity index (χ1) is 12.8. The highest BCUT2D eigenvalue weighted by Crippen LogP contribution is 2.25. The lowest BCUT2D eigenvalue weighted by Crippen LogP contribution is -2.28. The van der Waals surface area contributed by atoms with Crippen LogP contribution in [-0.4, -0.2) is 35.7 Å². The molecule has 0 radical (unpaired) electrons. The van der Waals surface area contributed by atoms with Crippen molar-refractivity contribution in [3.63, 3.8) is 0 Å². The van der Waals surface area contributed by atoms with Crippen molar-refractivity contribution < 1.29 is 14.3 Å². The van der Waals surface area contributed by atoms with E-state index in [4.69, 9.17) is 9.47 Å². The van der Waals surface area contributed by atoms with Gasteiger partial charge in [-0.3, -0.25) is 4.79 Å². The number of methoxy groups -OCH3 is 1. The molecule has 0 aliphatic rings. The molecule has 0 fully saturated rings. The van der Waals surface area contributed by atoms with Crippen molar-refractivity contribution in [3.8, 4) is 11.5 Å². The first kappa shape index (κ1) is 17.5. The highest BCUT2D eigenvalue weighted by Gasteiger charge is 2.06. The van der Waals surface area contributed by atoms with Crippen LogP contribution in [0.15, 0.2) is 67.3 Å². The summed E-state index contributed by atoms with van der Waals surface area (Å²) in [6, 6.07) is 15.0. The Morgan fingerprint density at radius 2 is 1.88 bits per heavy atom. The van der Waals surface area contributed by atoms with Crippen LogP contribution in [0.4, 0.5) is 0 Å². The summed E-state index contributed by atoms with van der Waals surface area (Å²) in [5, 5.41) is 2.85. The highest BCUT2D eigenvalue weighted by molar-refractivity contribution is 5.94. The number of hydrogen-bond donors (Lipinski definition) is 1. The topological polar surface area (TPSA) is 65.4 Å². The number of nitrogens with zero attached hydrogens (tertiary/aromatic N) is 2. The molecule has 1 aromatic heterocycles. The van der Waals surface area contributed by atoms with Crippen LogP contribution in [0.2, 0.25) is 0 Å². The summed E-state index contributed by atoms with van der Waals surface area (Å²) in [7, 11) is 1.60. The van der Waals surface area contributed by atoms with E-state index >= 15 is 0 Å². The van der Waals surface area contributed by atoms with Crippen molar-refractivity contribution in [1.29, 1.82) is 0 Å². The van der Waals surface area contributed by atoms with Gasteiger partial charge >= 0.3 is 0 Å². The van der Waals surface area contributed by atoms with Crippen LogP contribution in [0.3, 0.4) is 0 Å². The van der Waals surface area contributed by atoms with E-state index in [0.29, 0.717) is 30.2 Å². The molecule has 0 spiro atoms. The maximum Gasteiger partial charge on any atom is 0.251 e. The van der Waals surface area contributed by atoms with Crippen molar-refractivity contribution in [2.45, 2.75) is 6.54 Å². The third kappa shape index (κ3) is 4.63. The summed E-state index contributed by atoms with van der Waals surface area (Å²) >= 11 is 0. The van der Waals surface area contributed by atoms with E-state index in [0.717, 1.165) is 12.1 Å². The van der Waals surface area contributed by atoms with Gasteiger partial charge in [0.15, 0.2) is 11.5 Å². The molecule has 1 heterocycles. The molecule has 2 aromatic carbocycles. The molecule has 134 valence electrons. The number of aromatic nitrogens is 2. The number of rotatable bonds is 8. The lowest BCUT2D eigenvalue weighted by molar-refractivity contribution is 0.0947. The third-order valence-corrected chi connectivity index (χ3v) is 3.85. The van der Waals surface area contributed by atoms with Gasteiger partial charge < -0.3 is 19.4 Å². The van der Waals surface area contributed by atoms with Gasteiger partial charge in [-0.05, 0) is 29.8 Å². The average molecular weight is 351 g/mol. The molecule has 0 aliphatic heterocycles. The van der Waals surface area contributed by atoms with E-state index in [9.17, 15) is 4.79 Å². The molecule has 3 aromatic rings. The second kappa shape index (κ2) is 8.71. The summed E-state index contributed by atoms with van der Waals surface area (Å²) in [6.45, 7) is 1.51. The van der Waals surface area contributed by atoms with Gasteiger partial charge in [0.25, 0.3) is 5.91 Å². The molecule has 0 aliphatic carbocycles. The molecule has 3 rings (SSSR count). The van der Waals surface area contributed by atoms with Gasteiger partial charge in [0.05, 0.1) is 20.0 Å². The summed E-state index contributed by atoms with van der Waals surface area (Å²) in [4.78, 5) is 16.2. The van der Waals surface area contributed by atoms with Gasteiger partial charge in [-0.25, -0.2) is 4.98 Å². The number of hydrogen-bond acceptors (Lipinski definition) is 4. The molecule has 6 heteroatoms. The lowest BCUT2D eigenvalue weighted by atomic mass is 10.1. The predicted octanol–water partition coefficient (Wildman–Crippen LogP) is 2.75. The van der Waals surface area contributed by atoms with E-state index < -0.39 is 0 Å². The minimum absolute atomic E-state index is 0.122. The predicted molar refractivity (Wildman–Crippen MR) is 98.6 cm³/mol. The largest absolute Gasteiger partial charge is 0.493 e. The molecule has 6 nitrogen and oxygen atoms in total. The number of imidazole rings is 1. The SMILES string of the molecule is COc1ccccc1OCCNC(=O)c1ccc(Cn2ccnc2)cc1. The maximum absolute atomic E-state index is 12.2. The zero-order valence-corrected chi connectivity index (χ0v) is 14.6. The summed E-state index contributed by atoms with van der Waals surface area (Å²) < 4.78 is 12.8. The van der Waals surface area contributed by atoms with Crippen LogP contribution in [0, 0.1) is 0 Å². The number of carbonyl (C=O) groups excluding carboxylic acids is 1. The smallest absolute Gasteiger partial charge is 0.251 e. The van der Waals surface area contributed by atoms with E-state index in [2.05, 4.69) is 10.3 Å². The molecule has 0 saturated carbocycles. The molecule has 0 unspecified atom stereocenters. The number of carbonyl (C=O) groups is 1. The highest BCUT2D eigenvalue weighted by atomic mass is 16.5. The number of amides is 1. The van der Waals surface area contributed by atoms with Gasteiger partial charge in [0.1, 0.15) is 6.61 Å². The summed E-state index contributed by atoms with van der Waals surface area (Å²) in [6.07, 6.45) is 5.42. The molecule has 0 atom stereocenters. The van der Waals surface area contributed by atoms with Crippen molar-refractivity contribution in [1.82, 2.24) is 14.9 Å². The van der Waals surface area contributed by atoms with Gasteiger partial charge in [-0.2, -0.15) is 0 Å².